The molecule has 1 aromatic carbocycles. The third-order valence-corrected chi connectivity index (χ3v) is 5.14. The first-order valence-corrected chi connectivity index (χ1v) is 8.87. The quantitative estimate of drug-likeness (QED) is 0.775. The first-order valence-electron chi connectivity index (χ1n) is 8.87. The summed E-state index contributed by atoms with van der Waals surface area (Å²) >= 11 is 0. The maximum atomic E-state index is 3.88. The van der Waals surface area contributed by atoms with Crippen LogP contribution < -0.4 is 5.32 Å². The molecule has 1 aromatic rings. The molecule has 1 heteroatoms. The minimum atomic E-state index is 0.607. The van der Waals surface area contributed by atoms with E-state index in [4.69, 9.17) is 0 Å². The van der Waals surface area contributed by atoms with Gasteiger partial charge in [0.1, 0.15) is 0 Å². The first kappa shape index (κ1) is 14.8. The largest absolute Gasteiger partial charge is 0.310 e. The maximum Gasteiger partial charge on any atom is 0.0314 e. The van der Waals surface area contributed by atoms with Crippen molar-refractivity contribution >= 4 is 0 Å². The molecule has 0 saturated carbocycles. The zero-order valence-corrected chi connectivity index (χ0v) is 13.4. The Bertz CT molecular complexity index is 463. The van der Waals surface area contributed by atoms with Gasteiger partial charge in [-0.15, -0.1) is 0 Å². The highest BCUT2D eigenvalue weighted by Gasteiger charge is 2.30. The van der Waals surface area contributed by atoms with Crippen LogP contribution in [0.4, 0.5) is 0 Å². The highest BCUT2D eigenvalue weighted by atomic mass is 14.9. The molecular weight excluding hydrogens is 254 g/mol. The molecule has 0 saturated heterocycles. The predicted molar refractivity (Wildman–Crippen MR) is 90.6 cm³/mol. The Kier molecular flexibility index (Phi) is 5.13. The van der Waals surface area contributed by atoms with E-state index >= 15 is 0 Å². The molecule has 0 aromatic heterocycles. The number of nitrogens with one attached hydrogen (secondary N) is 1. The number of rotatable bonds is 5. The zero-order chi connectivity index (χ0) is 14.5. The number of benzene rings is 1. The minimum absolute atomic E-state index is 0.607. The fraction of sp³-hybridized carbons (Fsp3) is 0.600. The minimum Gasteiger partial charge on any atom is -0.310 e. The van der Waals surface area contributed by atoms with Crippen molar-refractivity contribution in [3.63, 3.8) is 0 Å². The second-order valence-electron chi connectivity index (χ2n) is 6.75. The van der Waals surface area contributed by atoms with Gasteiger partial charge < -0.3 is 5.32 Å². The van der Waals surface area contributed by atoms with Crippen LogP contribution in [0.5, 0.6) is 0 Å². The van der Waals surface area contributed by atoms with E-state index in [0.29, 0.717) is 6.04 Å². The summed E-state index contributed by atoms with van der Waals surface area (Å²) in [5.74, 6) is 0.762. The Labute approximate surface area is 129 Å². The zero-order valence-electron chi connectivity index (χ0n) is 13.4. The molecule has 0 heterocycles. The van der Waals surface area contributed by atoms with Crippen LogP contribution in [0.2, 0.25) is 0 Å². The Morgan fingerprint density at radius 2 is 1.86 bits per heavy atom. The Balaban J connectivity index is 1.75. The number of hydrogen-bond donors (Lipinski definition) is 1. The van der Waals surface area contributed by atoms with Crippen LogP contribution in [0.15, 0.2) is 35.9 Å². The molecule has 114 valence electrons. The summed E-state index contributed by atoms with van der Waals surface area (Å²) in [5, 5.41) is 3.88. The van der Waals surface area contributed by atoms with Gasteiger partial charge >= 0.3 is 0 Å². The van der Waals surface area contributed by atoms with Crippen molar-refractivity contribution in [2.45, 2.75) is 64.3 Å². The van der Waals surface area contributed by atoms with E-state index in [1.54, 1.807) is 16.7 Å². The first-order chi connectivity index (χ1) is 10.4. The fourth-order valence-electron chi connectivity index (χ4n) is 4.05. The summed E-state index contributed by atoms with van der Waals surface area (Å²) < 4.78 is 0. The predicted octanol–water partition coefficient (Wildman–Crippen LogP) is 4.66. The van der Waals surface area contributed by atoms with Crippen LogP contribution >= 0.6 is 0 Å². The molecule has 0 spiro atoms. The summed E-state index contributed by atoms with van der Waals surface area (Å²) in [6.07, 6.45) is 13.1. The van der Waals surface area contributed by atoms with Crippen LogP contribution in [-0.2, 0) is 12.8 Å². The summed E-state index contributed by atoms with van der Waals surface area (Å²) in [6.45, 7) is 3.42. The van der Waals surface area contributed by atoms with Crippen molar-refractivity contribution in [2.75, 3.05) is 6.54 Å². The normalized spacial score (nSPS) is 20.7. The second kappa shape index (κ2) is 7.26. The lowest BCUT2D eigenvalue weighted by Gasteiger charge is -2.27. The van der Waals surface area contributed by atoms with Gasteiger partial charge in [0.05, 0.1) is 0 Å². The highest BCUT2D eigenvalue weighted by molar-refractivity contribution is 5.34. The smallest absolute Gasteiger partial charge is 0.0314 e. The van der Waals surface area contributed by atoms with Gasteiger partial charge in [-0.1, -0.05) is 49.3 Å². The lowest BCUT2D eigenvalue weighted by atomic mass is 9.88. The fourth-order valence-corrected chi connectivity index (χ4v) is 4.05. The Hall–Kier alpha value is -1.08. The van der Waals surface area contributed by atoms with Gasteiger partial charge in [0.2, 0.25) is 0 Å². The van der Waals surface area contributed by atoms with E-state index in [1.807, 2.05) is 0 Å². The van der Waals surface area contributed by atoms with Crippen LogP contribution in [0.3, 0.4) is 0 Å². The summed E-state index contributed by atoms with van der Waals surface area (Å²) in [6, 6.07) is 9.65. The van der Waals surface area contributed by atoms with Gasteiger partial charge in [0.15, 0.2) is 0 Å². The molecular formula is C20H29N. The molecule has 1 unspecified atom stereocenters. The molecule has 0 radical (unpaired) electrons. The van der Waals surface area contributed by atoms with Gasteiger partial charge in [0.25, 0.3) is 0 Å². The molecule has 21 heavy (non-hydrogen) atoms. The molecule has 1 atom stereocenters. The van der Waals surface area contributed by atoms with Crippen molar-refractivity contribution in [1.29, 1.82) is 0 Å². The summed E-state index contributed by atoms with van der Waals surface area (Å²) in [7, 11) is 0. The van der Waals surface area contributed by atoms with Gasteiger partial charge in [-0.2, -0.15) is 0 Å². The third kappa shape index (κ3) is 3.58. The Morgan fingerprint density at radius 1 is 1.10 bits per heavy atom. The van der Waals surface area contributed by atoms with Crippen molar-refractivity contribution in [2.24, 2.45) is 5.92 Å². The molecule has 0 amide bonds. The Morgan fingerprint density at radius 3 is 2.57 bits per heavy atom. The molecule has 0 bridgehead atoms. The maximum absolute atomic E-state index is 3.88. The molecule has 0 fully saturated rings. The second-order valence-corrected chi connectivity index (χ2v) is 6.75. The molecule has 0 aliphatic heterocycles. The van der Waals surface area contributed by atoms with Gasteiger partial charge in [-0.25, -0.2) is 0 Å². The van der Waals surface area contributed by atoms with E-state index in [9.17, 15) is 0 Å². The van der Waals surface area contributed by atoms with Gasteiger partial charge in [-0.05, 0) is 68.5 Å². The van der Waals surface area contributed by atoms with E-state index in [0.717, 1.165) is 12.5 Å². The molecule has 1 nitrogen and oxygen atoms in total. The van der Waals surface area contributed by atoms with Crippen LogP contribution in [-0.4, -0.2) is 12.6 Å². The van der Waals surface area contributed by atoms with E-state index < -0.39 is 0 Å². The monoisotopic (exact) mass is 283 g/mol. The van der Waals surface area contributed by atoms with Crippen molar-refractivity contribution in [1.82, 2.24) is 5.32 Å². The van der Waals surface area contributed by atoms with Crippen LogP contribution in [0.25, 0.3) is 0 Å². The van der Waals surface area contributed by atoms with Crippen molar-refractivity contribution in [3.05, 3.63) is 47.0 Å². The molecule has 2 aliphatic carbocycles. The lowest BCUT2D eigenvalue weighted by Crippen LogP contribution is -2.39. The van der Waals surface area contributed by atoms with Crippen LogP contribution in [0, 0.1) is 5.92 Å². The summed E-state index contributed by atoms with van der Waals surface area (Å²) in [4.78, 5) is 0. The molecule has 1 N–H and O–H groups in total. The number of allylic oxidation sites excluding steroid dienone is 1. The lowest BCUT2D eigenvalue weighted by molar-refractivity contribution is 0.396. The number of hydrogen-bond acceptors (Lipinski definition) is 1. The number of fused-ring (bicyclic) bond motifs is 1. The van der Waals surface area contributed by atoms with E-state index in [2.05, 4.69) is 42.6 Å². The highest BCUT2D eigenvalue weighted by Crippen LogP contribution is 2.33. The van der Waals surface area contributed by atoms with Crippen LogP contribution in [0.1, 0.15) is 56.6 Å². The van der Waals surface area contributed by atoms with E-state index in [-0.39, 0.29) is 0 Å². The van der Waals surface area contributed by atoms with Crippen molar-refractivity contribution in [3.8, 4) is 0 Å². The SMILES string of the molecule is CCCNC(C1=CCCCCC1)C1Cc2ccccc2C1. The van der Waals surface area contributed by atoms with Crippen molar-refractivity contribution < 1.29 is 0 Å². The van der Waals surface area contributed by atoms with Gasteiger partial charge in [-0.3, -0.25) is 0 Å². The topological polar surface area (TPSA) is 12.0 Å². The van der Waals surface area contributed by atoms with Gasteiger partial charge in [0, 0.05) is 6.04 Å². The summed E-state index contributed by atoms with van der Waals surface area (Å²) in [5.41, 5.74) is 4.87. The standard InChI is InChI=1S/C20H29N/c1-2-13-21-20(16-9-5-3-4-6-10-16)19-14-17-11-7-8-12-18(17)15-19/h7-9,11-12,19-21H,2-6,10,13-15H2,1H3. The third-order valence-electron chi connectivity index (χ3n) is 5.14. The van der Waals surface area contributed by atoms with E-state index in [1.165, 1.54) is 51.4 Å². The average Bonchev–Trinajstić information content (AvgIpc) is 2.75. The molecule has 2 aliphatic rings. The average molecular weight is 283 g/mol. The molecule has 3 rings (SSSR count).